The number of carbonyl (C=O) groups excluding carboxylic acids is 2. The van der Waals surface area contributed by atoms with E-state index in [9.17, 15) is 18.0 Å². The van der Waals surface area contributed by atoms with E-state index in [0.717, 1.165) is 30.5 Å². The van der Waals surface area contributed by atoms with E-state index in [0.29, 0.717) is 25.2 Å². The molecule has 2 N–H and O–H groups in total. The number of rotatable bonds is 9. The number of hydrogen-bond acceptors (Lipinski definition) is 6. The molecule has 0 bridgehead atoms. The minimum atomic E-state index is -3.47. The van der Waals surface area contributed by atoms with Crippen molar-refractivity contribution in [1.29, 1.82) is 0 Å². The largest absolute Gasteiger partial charge is 0.347 e. The Morgan fingerprint density at radius 2 is 1.63 bits per heavy atom. The lowest BCUT2D eigenvalue weighted by Crippen LogP contribution is -2.35. The average molecular weight is 497 g/mol. The molecule has 35 heavy (non-hydrogen) atoms. The quantitative estimate of drug-likeness (QED) is 0.467. The minimum Gasteiger partial charge on any atom is -0.347 e. The number of aryl methyl sites for hydroxylation is 1. The average Bonchev–Trinajstić information content (AvgIpc) is 3.43. The van der Waals surface area contributed by atoms with E-state index in [2.05, 4.69) is 20.7 Å². The topological polar surface area (TPSA) is 126 Å². The van der Waals surface area contributed by atoms with E-state index in [-0.39, 0.29) is 29.7 Å². The number of piperidine rings is 1. The zero-order valence-corrected chi connectivity index (χ0v) is 20.1. The zero-order valence-electron chi connectivity index (χ0n) is 19.3. The number of sulfonamides is 1. The van der Waals surface area contributed by atoms with Gasteiger partial charge in [-0.05, 0) is 61.2 Å². The van der Waals surface area contributed by atoms with Crippen LogP contribution >= 0.6 is 0 Å². The summed E-state index contributed by atoms with van der Waals surface area (Å²) in [4.78, 5) is 28.5. The van der Waals surface area contributed by atoms with Crippen LogP contribution in [0.25, 0.3) is 5.69 Å². The number of benzene rings is 2. The lowest BCUT2D eigenvalue weighted by atomic mass is 10.1. The summed E-state index contributed by atoms with van der Waals surface area (Å²) in [6.07, 6.45) is 6.50. The first-order chi connectivity index (χ1) is 16.9. The normalized spacial score (nSPS) is 14.4. The van der Waals surface area contributed by atoms with Gasteiger partial charge in [-0.2, -0.15) is 9.40 Å². The van der Waals surface area contributed by atoms with Crippen LogP contribution in [0, 0.1) is 0 Å². The molecular weight excluding hydrogens is 468 g/mol. The molecule has 1 saturated heterocycles. The second-order valence-corrected chi connectivity index (χ2v) is 10.3. The summed E-state index contributed by atoms with van der Waals surface area (Å²) in [6.45, 7) is 0.981. The highest BCUT2D eigenvalue weighted by Gasteiger charge is 2.25. The molecule has 0 unspecified atom stereocenters. The van der Waals surface area contributed by atoms with E-state index in [1.165, 1.54) is 10.6 Å². The molecule has 10 nitrogen and oxygen atoms in total. The third-order valence-corrected chi connectivity index (χ3v) is 7.71. The maximum Gasteiger partial charge on any atom is 0.243 e. The van der Waals surface area contributed by atoms with Gasteiger partial charge in [0.2, 0.25) is 21.8 Å². The molecular formula is C24H28N6O4S. The first-order valence-corrected chi connectivity index (χ1v) is 13.0. The van der Waals surface area contributed by atoms with E-state index >= 15 is 0 Å². The predicted octanol–water partition coefficient (Wildman–Crippen LogP) is 2.13. The van der Waals surface area contributed by atoms with Crippen LogP contribution in [0.1, 0.15) is 31.2 Å². The van der Waals surface area contributed by atoms with Gasteiger partial charge in [0.1, 0.15) is 12.7 Å². The second kappa shape index (κ2) is 11.2. The fraction of sp³-hybridized carbons (Fsp3) is 0.333. The number of hydrogen-bond donors (Lipinski definition) is 2. The van der Waals surface area contributed by atoms with Gasteiger partial charge in [-0.15, -0.1) is 0 Å². The van der Waals surface area contributed by atoms with Gasteiger partial charge in [0, 0.05) is 25.2 Å². The smallest absolute Gasteiger partial charge is 0.243 e. The first kappa shape index (κ1) is 24.6. The summed E-state index contributed by atoms with van der Waals surface area (Å²) in [7, 11) is -3.47. The molecule has 0 radical (unpaired) electrons. The third-order valence-electron chi connectivity index (χ3n) is 5.80. The molecule has 2 amide bonds. The maximum atomic E-state index is 12.7. The zero-order chi connectivity index (χ0) is 24.7. The Balaban J connectivity index is 1.20. The van der Waals surface area contributed by atoms with E-state index in [1.807, 2.05) is 0 Å². The highest BCUT2D eigenvalue weighted by molar-refractivity contribution is 7.89. The molecule has 4 rings (SSSR count). The summed E-state index contributed by atoms with van der Waals surface area (Å²) in [5.41, 5.74) is 2.27. The SMILES string of the molecule is O=C(CCc1ccc(S(=O)(=O)N2CCCCC2)cc1)NCC(=O)Nc1ccc(-n2cncn2)cc1. The van der Waals surface area contributed by atoms with Gasteiger partial charge < -0.3 is 10.6 Å². The van der Waals surface area contributed by atoms with E-state index in [4.69, 9.17) is 0 Å². The molecule has 0 saturated carbocycles. The van der Waals surface area contributed by atoms with Crippen LogP contribution in [0.5, 0.6) is 0 Å². The lowest BCUT2D eigenvalue weighted by Gasteiger charge is -2.25. The van der Waals surface area contributed by atoms with E-state index < -0.39 is 10.0 Å². The van der Waals surface area contributed by atoms with Gasteiger partial charge in [-0.3, -0.25) is 9.59 Å². The summed E-state index contributed by atoms with van der Waals surface area (Å²) >= 11 is 0. The lowest BCUT2D eigenvalue weighted by molar-refractivity contribution is -0.124. The summed E-state index contributed by atoms with van der Waals surface area (Å²) in [5.74, 6) is -0.592. The van der Waals surface area contributed by atoms with Crippen molar-refractivity contribution in [2.45, 2.75) is 37.0 Å². The molecule has 1 aliphatic heterocycles. The molecule has 11 heteroatoms. The molecule has 0 aliphatic carbocycles. The number of anilines is 1. The van der Waals surface area contributed by atoms with Crippen molar-refractivity contribution >= 4 is 27.5 Å². The van der Waals surface area contributed by atoms with Gasteiger partial charge in [-0.1, -0.05) is 18.6 Å². The van der Waals surface area contributed by atoms with Crippen molar-refractivity contribution in [2.75, 3.05) is 25.0 Å². The fourth-order valence-electron chi connectivity index (χ4n) is 3.85. The Morgan fingerprint density at radius 3 is 2.29 bits per heavy atom. The van der Waals surface area contributed by atoms with Crippen LogP contribution < -0.4 is 10.6 Å². The molecule has 2 heterocycles. The van der Waals surface area contributed by atoms with Crippen molar-refractivity contribution in [3.05, 3.63) is 66.7 Å². The van der Waals surface area contributed by atoms with Crippen LogP contribution in [0.15, 0.2) is 66.1 Å². The highest BCUT2D eigenvalue weighted by Crippen LogP contribution is 2.21. The number of nitrogens with zero attached hydrogens (tertiary/aromatic N) is 4. The van der Waals surface area contributed by atoms with Crippen molar-refractivity contribution < 1.29 is 18.0 Å². The number of carbonyl (C=O) groups is 2. The van der Waals surface area contributed by atoms with Crippen LogP contribution in [-0.4, -0.2) is 58.9 Å². The Labute approximate surface area is 204 Å². The van der Waals surface area contributed by atoms with Crippen LogP contribution in [0.3, 0.4) is 0 Å². The maximum absolute atomic E-state index is 12.7. The Kier molecular flexibility index (Phi) is 7.88. The fourth-order valence-corrected chi connectivity index (χ4v) is 5.37. The molecule has 1 fully saturated rings. The van der Waals surface area contributed by atoms with Gasteiger partial charge in [0.15, 0.2) is 0 Å². The Morgan fingerprint density at radius 1 is 0.914 bits per heavy atom. The van der Waals surface area contributed by atoms with Crippen molar-refractivity contribution in [2.24, 2.45) is 0 Å². The summed E-state index contributed by atoms with van der Waals surface area (Å²) in [6, 6.07) is 13.7. The van der Waals surface area contributed by atoms with Gasteiger partial charge in [0.05, 0.1) is 17.1 Å². The van der Waals surface area contributed by atoms with Crippen molar-refractivity contribution in [3.63, 3.8) is 0 Å². The third kappa shape index (κ3) is 6.52. The van der Waals surface area contributed by atoms with Crippen LogP contribution in [0.2, 0.25) is 0 Å². The van der Waals surface area contributed by atoms with Crippen molar-refractivity contribution in [3.8, 4) is 5.69 Å². The monoisotopic (exact) mass is 496 g/mol. The highest BCUT2D eigenvalue weighted by atomic mass is 32.2. The van der Waals surface area contributed by atoms with Crippen LogP contribution in [-0.2, 0) is 26.0 Å². The minimum absolute atomic E-state index is 0.142. The van der Waals surface area contributed by atoms with Gasteiger partial charge in [-0.25, -0.2) is 18.1 Å². The molecule has 0 atom stereocenters. The Hall–Kier alpha value is -3.57. The van der Waals surface area contributed by atoms with E-state index in [1.54, 1.807) is 59.5 Å². The summed E-state index contributed by atoms with van der Waals surface area (Å²) < 4.78 is 28.6. The number of amides is 2. The predicted molar refractivity (Wildman–Crippen MR) is 130 cm³/mol. The van der Waals surface area contributed by atoms with Crippen LogP contribution in [0.4, 0.5) is 5.69 Å². The van der Waals surface area contributed by atoms with Gasteiger partial charge >= 0.3 is 0 Å². The number of nitrogens with one attached hydrogen (secondary N) is 2. The second-order valence-electron chi connectivity index (χ2n) is 8.32. The molecule has 1 aromatic heterocycles. The number of aromatic nitrogens is 3. The molecule has 2 aromatic carbocycles. The standard InChI is InChI=1S/C24H28N6O4S/c31-23(26-16-24(32)28-20-7-9-21(10-8-20)30-18-25-17-27-30)13-6-19-4-11-22(12-5-19)35(33,34)29-14-2-1-3-15-29/h4-5,7-12,17-18H,1-3,6,13-16H2,(H,26,31)(H,28,32). The molecule has 184 valence electrons. The summed E-state index contributed by atoms with van der Waals surface area (Å²) in [5, 5.41) is 9.38. The molecule has 3 aromatic rings. The molecule has 1 aliphatic rings. The molecule has 0 spiro atoms. The van der Waals surface area contributed by atoms with Gasteiger partial charge in [0.25, 0.3) is 0 Å². The van der Waals surface area contributed by atoms with Crippen molar-refractivity contribution in [1.82, 2.24) is 24.4 Å². The first-order valence-electron chi connectivity index (χ1n) is 11.5. The Bertz CT molecular complexity index is 1240.